The third-order valence-electron chi connectivity index (χ3n) is 4.20. The first-order valence-corrected chi connectivity index (χ1v) is 10.5. The van der Waals surface area contributed by atoms with Crippen molar-refractivity contribution in [2.24, 2.45) is 0 Å². The molecule has 0 aromatic heterocycles. The molecule has 0 saturated heterocycles. The molecule has 0 radical (unpaired) electrons. The zero-order chi connectivity index (χ0) is 20.0. The number of aryl methyl sites for hydroxylation is 2. The number of carbonyl (C=O) groups excluding carboxylic acids is 1. The summed E-state index contributed by atoms with van der Waals surface area (Å²) in [4.78, 5) is 12.5. The Morgan fingerprint density at radius 1 is 1.07 bits per heavy atom. The van der Waals surface area contributed by atoms with E-state index in [1.807, 2.05) is 38.1 Å². The zero-order valence-electron chi connectivity index (χ0n) is 15.7. The van der Waals surface area contributed by atoms with Gasteiger partial charge in [0.1, 0.15) is 6.54 Å². The summed E-state index contributed by atoms with van der Waals surface area (Å²) in [6.45, 7) is 3.59. The Morgan fingerprint density at radius 3 is 2.07 bits per heavy atom. The molecule has 1 N–H and O–H groups in total. The Hall–Kier alpha value is -2.85. The summed E-state index contributed by atoms with van der Waals surface area (Å²) in [7, 11) is -3.65. The smallest absolute Gasteiger partial charge is 0.245 e. The molecule has 0 unspecified atom stereocenters. The van der Waals surface area contributed by atoms with Crippen LogP contribution in [0.5, 0.6) is 0 Å². The molecule has 2 rings (SSSR count). The van der Waals surface area contributed by atoms with E-state index in [1.165, 1.54) is 4.31 Å². The summed E-state index contributed by atoms with van der Waals surface area (Å²) in [5.41, 5.74) is 3.33. The minimum atomic E-state index is -3.65. The molecule has 0 atom stereocenters. The van der Waals surface area contributed by atoms with Crippen LogP contribution in [-0.4, -0.2) is 27.1 Å². The van der Waals surface area contributed by atoms with Crippen molar-refractivity contribution in [3.8, 4) is 6.07 Å². The number of anilines is 2. The minimum absolute atomic E-state index is 0.317. The standard InChI is InChI=1S/C20H23N3O3S/c1-4-16-7-6-8-17(5-2)20(16)23(27(3,25)26)14-19(24)22-18-11-9-15(13-21)10-12-18/h6-12H,4-5,14H2,1-3H3,(H,22,24). The van der Waals surface area contributed by atoms with Crippen LogP contribution < -0.4 is 9.62 Å². The normalized spacial score (nSPS) is 10.9. The summed E-state index contributed by atoms with van der Waals surface area (Å²) in [6, 6.07) is 14.1. The minimum Gasteiger partial charge on any atom is -0.325 e. The highest BCUT2D eigenvalue weighted by Gasteiger charge is 2.25. The first-order chi connectivity index (χ1) is 12.8. The van der Waals surface area contributed by atoms with E-state index in [4.69, 9.17) is 5.26 Å². The van der Waals surface area contributed by atoms with Crippen LogP contribution in [0.25, 0.3) is 0 Å². The van der Waals surface area contributed by atoms with E-state index in [1.54, 1.807) is 24.3 Å². The third kappa shape index (κ3) is 5.08. The van der Waals surface area contributed by atoms with Gasteiger partial charge in [0.15, 0.2) is 0 Å². The van der Waals surface area contributed by atoms with Crippen LogP contribution in [0.4, 0.5) is 11.4 Å². The number of benzene rings is 2. The number of nitrogens with one attached hydrogen (secondary N) is 1. The van der Waals surface area contributed by atoms with Crippen molar-refractivity contribution in [1.29, 1.82) is 5.26 Å². The van der Waals surface area contributed by atoms with Crippen molar-refractivity contribution < 1.29 is 13.2 Å². The Balaban J connectivity index is 2.33. The lowest BCUT2D eigenvalue weighted by Crippen LogP contribution is -2.38. The summed E-state index contributed by atoms with van der Waals surface area (Å²) in [6.07, 6.45) is 2.42. The van der Waals surface area contributed by atoms with Gasteiger partial charge in [0.2, 0.25) is 15.9 Å². The zero-order valence-corrected chi connectivity index (χ0v) is 16.5. The molecule has 0 spiro atoms. The number of sulfonamides is 1. The fraction of sp³-hybridized carbons (Fsp3) is 0.300. The van der Waals surface area contributed by atoms with Gasteiger partial charge in [-0.15, -0.1) is 0 Å². The number of nitriles is 1. The molecule has 27 heavy (non-hydrogen) atoms. The number of hydrogen-bond donors (Lipinski definition) is 1. The molecule has 7 heteroatoms. The Morgan fingerprint density at radius 2 is 1.63 bits per heavy atom. The van der Waals surface area contributed by atoms with E-state index in [2.05, 4.69) is 5.32 Å². The predicted molar refractivity (Wildman–Crippen MR) is 107 cm³/mol. The van der Waals surface area contributed by atoms with E-state index >= 15 is 0 Å². The number of rotatable bonds is 7. The van der Waals surface area contributed by atoms with E-state index in [-0.39, 0.29) is 6.54 Å². The molecule has 0 bridgehead atoms. The van der Waals surface area contributed by atoms with Crippen molar-refractivity contribution in [2.45, 2.75) is 26.7 Å². The number of amides is 1. The first kappa shape index (κ1) is 20.5. The molecule has 0 saturated carbocycles. The highest BCUT2D eigenvalue weighted by molar-refractivity contribution is 7.92. The molecule has 6 nitrogen and oxygen atoms in total. The lowest BCUT2D eigenvalue weighted by molar-refractivity contribution is -0.114. The van der Waals surface area contributed by atoms with Gasteiger partial charge in [0, 0.05) is 5.69 Å². The van der Waals surface area contributed by atoms with E-state index < -0.39 is 15.9 Å². The summed E-state index contributed by atoms with van der Waals surface area (Å²) < 4.78 is 26.1. The maximum absolute atomic E-state index is 12.5. The van der Waals surface area contributed by atoms with E-state index in [0.29, 0.717) is 29.8 Å². The Bertz CT molecular complexity index is 939. The maximum Gasteiger partial charge on any atom is 0.245 e. The molecule has 142 valence electrons. The van der Waals surface area contributed by atoms with Crippen LogP contribution in [-0.2, 0) is 27.7 Å². The molecular formula is C20H23N3O3S. The van der Waals surface area contributed by atoms with Gasteiger partial charge < -0.3 is 5.32 Å². The number of hydrogen-bond acceptors (Lipinski definition) is 4. The second-order valence-electron chi connectivity index (χ2n) is 6.14. The average Bonchev–Trinajstić information content (AvgIpc) is 2.65. The van der Waals surface area contributed by atoms with Gasteiger partial charge in [0.05, 0.1) is 23.6 Å². The van der Waals surface area contributed by atoms with Gasteiger partial charge in [-0.2, -0.15) is 5.26 Å². The molecule has 0 aliphatic heterocycles. The number of nitrogens with zero attached hydrogens (tertiary/aromatic N) is 2. The fourth-order valence-electron chi connectivity index (χ4n) is 2.86. The molecule has 0 aliphatic rings. The van der Waals surface area contributed by atoms with Crippen LogP contribution >= 0.6 is 0 Å². The van der Waals surface area contributed by atoms with Crippen molar-refractivity contribution in [1.82, 2.24) is 0 Å². The van der Waals surface area contributed by atoms with Crippen LogP contribution in [0, 0.1) is 11.3 Å². The number of para-hydroxylation sites is 1. The predicted octanol–water partition coefficient (Wildman–Crippen LogP) is 3.09. The molecule has 0 aliphatic carbocycles. The van der Waals surface area contributed by atoms with Crippen molar-refractivity contribution in [3.63, 3.8) is 0 Å². The summed E-state index contributed by atoms with van der Waals surface area (Å²) >= 11 is 0. The Labute approximate surface area is 160 Å². The topological polar surface area (TPSA) is 90.3 Å². The van der Waals surface area contributed by atoms with E-state index in [0.717, 1.165) is 17.4 Å². The Kier molecular flexibility index (Phi) is 6.59. The quantitative estimate of drug-likeness (QED) is 0.793. The van der Waals surface area contributed by atoms with Gasteiger partial charge in [-0.05, 0) is 48.2 Å². The highest BCUT2D eigenvalue weighted by Crippen LogP contribution is 2.29. The lowest BCUT2D eigenvalue weighted by atomic mass is 10.0. The van der Waals surface area contributed by atoms with Crippen molar-refractivity contribution >= 4 is 27.3 Å². The second-order valence-corrected chi connectivity index (χ2v) is 8.05. The fourth-order valence-corrected chi connectivity index (χ4v) is 3.77. The molecule has 1 amide bonds. The van der Waals surface area contributed by atoms with Crippen LogP contribution in [0.2, 0.25) is 0 Å². The highest BCUT2D eigenvalue weighted by atomic mass is 32.2. The average molecular weight is 385 g/mol. The van der Waals surface area contributed by atoms with Gasteiger partial charge in [-0.25, -0.2) is 8.42 Å². The van der Waals surface area contributed by atoms with Gasteiger partial charge in [0.25, 0.3) is 0 Å². The van der Waals surface area contributed by atoms with Gasteiger partial charge in [-0.3, -0.25) is 9.10 Å². The summed E-state index contributed by atoms with van der Waals surface area (Å²) in [5.74, 6) is -0.446. The van der Waals surface area contributed by atoms with Crippen LogP contribution in [0.15, 0.2) is 42.5 Å². The second kappa shape index (κ2) is 8.69. The van der Waals surface area contributed by atoms with E-state index in [9.17, 15) is 13.2 Å². The third-order valence-corrected chi connectivity index (χ3v) is 5.31. The largest absolute Gasteiger partial charge is 0.325 e. The monoisotopic (exact) mass is 385 g/mol. The van der Waals surface area contributed by atoms with Crippen LogP contribution in [0.3, 0.4) is 0 Å². The number of carbonyl (C=O) groups is 1. The maximum atomic E-state index is 12.5. The van der Waals surface area contributed by atoms with Crippen molar-refractivity contribution in [2.75, 3.05) is 22.4 Å². The molecule has 0 fully saturated rings. The summed E-state index contributed by atoms with van der Waals surface area (Å²) in [5, 5.41) is 11.5. The SMILES string of the molecule is CCc1cccc(CC)c1N(CC(=O)Nc1ccc(C#N)cc1)S(C)(=O)=O. The lowest BCUT2D eigenvalue weighted by Gasteiger charge is -2.26. The molecule has 2 aromatic rings. The van der Waals surface area contributed by atoms with Crippen molar-refractivity contribution in [3.05, 3.63) is 59.2 Å². The first-order valence-electron chi connectivity index (χ1n) is 8.68. The molecular weight excluding hydrogens is 362 g/mol. The molecule has 0 heterocycles. The molecule has 2 aromatic carbocycles. The van der Waals surface area contributed by atoms with Crippen LogP contribution in [0.1, 0.15) is 30.5 Å². The van der Waals surface area contributed by atoms with Gasteiger partial charge >= 0.3 is 0 Å². The van der Waals surface area contributed by atoms with Gasteiger partial charge in [-0.1, -0.05) is 32.0 Å².